The van der Waals surface area contributed by atoms with Gasteiger partial charge in [-0.15, -0.1) is 0 Å². The van der Waals surface area contributed by atoms with Gasteiger partial charge in [0, 0.05) is 6.42 Å². The summed E-state index contributed by atoms with van der Waals surface area (Å²) in [5.41, 5.74) is 0.703. The van der Waals surface area contributed by atoms with Gasteiger partial charge in [0.2, 0.25) is 0 Å². The van der Waals surface area contributed by atoms with Gasteiger partial charge in [-0.3, -0.25) is 4.79 Å². The molecule has 0 atom stereocenters. The number of allylic oxidation sites excluding steroid dienone is 1. The monoisotopic (exact) mass is 254 g/mol. The van der Waals surface area contributed by atoms with Gasteiger partial charge in [0.1, 0.15) is 0 Å². The molecule has 0 heterocycles. The lowest BCUT2D eigenvalue weighted by Crippen LogP contribution is -2.08. The predicted molar refractivity (Wildman–Crippen MR) is 62.9 cm³/mol. The van der Waals surface area contributed by atoms with E-state index in [1.807, 2.05) is 0 Å². The Morgan fingerprint density at radius 1 is 1.00 bits per heavy atom. The second-order valence-electron chi connectivity index (χ2n) is 4.42. The summed E-state index contributed by atoms with van der Waals surface area (Å²) in [4.78, 5) is 11.6. The summed E-state index contributed by atoms with van der Waals surface area (Å²) < 4.78 is 37.1. The zero-order valence-corrected chi connectivity index (χ0v) is 9.76. The molecule has 1 saturated carbocycles. The van der Waals surface area contributed by atoms with Crippen molar-refractivity contribution in [3.8, 4) is 0 Å². The molecule has 0 unspecified atom stereocenters. The zero-order valence-electron chi connectivity index (χ0n) is 9.76. The van der Waals surface area contributed by atoms with Gasteiger partial charge in [-0.05, 0) is 48.6 Å². The van der Waals surface area contributed by atoms with E-state index in [1.165, 1.54) is 12.1 Å². The quantitative estimate of drug-likeness (QED) is 0.685. The van der Waals surface area contributed by atoms with Crippen molar-refractivity contribution in [2.45, 2.75) is 31.9 Å². The summed E-state index contributed by atoms with van der Waals surface area (Å²) in [6, 6.07) is 4.88. The molecular formula is C14H13F3O. The van der Waals surface area contributed by atoms with E-state index in [9.17, 15) is 18.0 Å². The highest BCUT2D eigenvalue weighted by atomic mass is 19.4. The van der Waals surface area contributed by atoms with E-state index in [0.29, 0.717) is 12.0 Å². The number of carbonyl (C=O) groups excluding carboxylic acids is 1. The lowest BCUT2D eigenvalue weighted by atomic mass is 9.92. The topological polar surface area (TPSA) is 17.1 Å². The summed E-state index contributed by atoms with van der Waals surface area (Å²) in [6.07, 6.45) is 0.529. The van der Waals surface area contributed by atoms with E-state index < -0.39 is 11.7 Å². The number of alkyl halides is 3. The normalized spacial score (nSPS) is 19.3. The Bertz CT molecular complexity index is 469. The summed E-state index contributed by atoms with van der Waals surface area (Å²) in [5, 5.41) is 0. The fraction of sp³-hybridized carbons (Fsp3) is 0.357. The van der Waals surface area contributed by atoms with E-state index >= 15 is 0 Å². The van der Waals surface area contributed by atoms with Gasteiger partial charge >= 0.3 is 6.18 Å². The maximum absolute atomic E-state index is 12.4. The number of hydrogen-bond donors (Lipinski definition) is 0. The van der Waals surface area contributed by atoms with Crippen molar-refractivity contribution >= 4 is 11.9 Å². The van der Waals surface area contributed by atoms with Gasteiger partial charge in [0.25, 0.3) is 0 Å². The largest absolute Gasteiger partial charge is 0.416 e. The van der Waals surface area contributed by atoms with Crippen molar-refractivity contribution < 1.29 is 18.0 Å². The van der Waals surface area contributed by atoms with Crippen molar-refractivity contribution in [1.29, 1.82) is 0 Å². The number of rotatable bonds is 1. The fourth-order valence-corrected chi connectivity index (χ4v) is 2.02. The SMILES string of the molecule is O=C1CCCCC1=Cc1ccc(C(F)(F)F)cc1. The first-order chi connectivity index (χ1) is 8.47. The molecule has 2 rings (SSSR count). The third-order valence-corrected chi connectivity index (χ3v) is 3.04. The fourth-order valence-electron chi connectivity index (χ4n) is 2.02. The highest BCUT2D eigenvalue weighted by Gasteiger charge is 2.29. The number of hydrogen-bond acceptors (Lipinski definition) is 1. The van der Waals surface area contributed by atoms with Crippen LogP contribution in [0, 0.1) is 0 Å². The Hall–Kier alpha value is -1.58. The molecule has 1 aliphatic rings. The molecule has 0 radical (unpaired) electrons. The molecular weight excluding hydrogens is 241 g/mol. The first-order valence-corrected chi connectivity index (χ1v) is 5.88. The average molecular weight is 254 g/mol. The molecule has 0 amide bonds. The van der Waals surface area contributed by atoms with Crippen molar-refractivity contribution in [3.05, 3.63) is 41.0 Å². The van der Waals surface area contributed by atoms with Gasteiger partial charge in [-0.2, -0.15) is 13.2 Å². The first-order valence-electron chi connectivity index (χ1n) is 5.88. The molecule has 0 saturated heterocycles. The molecule has 18 heavy (non-hydrogen) atoms. The number of Topliss-reactive ketones (excluding diaryl/α,β-unsaturated/α-hetero) is 1. The number of ketones is 1. The molecule has 4 heteroatoms. The van der Waals surface area contributed by atoms with Crippen LogP contribution in [0.4, 0.5) is 13.2 Å². The van der Waals surface area contributed by atoms with E-state index in [0.717, 1.165) is 37.0 Å². The molecule has 1 nitrogen and oxygen atoms in total. The summed E-state index contributed by atoms with van der Waals surface area (Å²) in [7, 11) is 0. The van der Waals surface area contributed by atoms with Crippen LogP contribution in [0.15, 0.2) is 29.8 Å². The minimum absolute atomic E-state index is 0.112. The molecule has 0 spiro atoms. The molecule has 1 aliphatic carbocycles. The molecule has 96 valence electrons. The maximum Gasteiger partial charge on any atom is 0.416 e. The molecule has 0 bridgehead atoms. The average Bonchev–Trinajstić information content (AvgIpc) is 2.32. The Kier molecular flexibility index (Phi) is 3.55. The van der Waals surface area contributed by atoms with Crippen molar-refractivity contribution in [1.82, 2.24) is 0 Å². The summed E-state index contributed by atoms with van der Waals surface area (Å²) >= 11 is 0. The minimum atomic E-state index is -4.31. The standard InChI is InChI=1S/C14H13F3O/c15-14(16,17)12-7-5-10(6-8-12)9-11-3-1-2-4-13(11)18/h5-9H,1-4H2. The minimum Gasteiger partial charge on any atom is -0.295 e. The second-order valence-corrected chi connectivity index (χ2v) is 4.42. The summed E-state index contributed by atoms with van der Waals surface area (Å²) in [5.74, 6) is 0.112. The van der Waals surface area contributed by atoms with Crippen molar-refractivity contribution in [2.24, 2.45) is 0 Å². The lowest BCUT2D eigenvalue weighted by molar-refractivity contribution is -0.137. The van der Waals surface area contributed by atoms with E-state index in [2.05, 4.69) is 0 Å². The van der Waals surface area contributed by atoms with E-state index in [1.54, 1.807) is 6.08 Å². The second kappa shape index (κ2) is 4.96. The van der Waals surface area contributed by atoms with Crippen molar-refractivity contribution in [3.63, 3.8) is 0 Å². The van der Waals surface area contributed by atoms with Crippen LogP contribution in [0.2, 0.25) is 0 Å². The van der Waals surface area contributed by atoms with Gasteiger partial charge in [-0.1, -0.05) is 12.1 Å². The maximum atomic E-state index is 12.4. The van der Waals surface area contributed by atoms with Crippen LogP contribution in [0.1, 0.15) is 36.8 Å². The van der Waals surface area contributed by atoms with E-state index in [-0.39, 0.29) is 5.78 Å². The van der Waals surface area contributed by atoms with Crippen molar-refractivity contribution in [2.75, 3.05) is 0 Å². The third kappa shape index (κ3) is 3.00. The predicted octanol–water partition coefficient (Wildman–Crippen LogP) is 4.23. The molecule has 0 aromatic heterocycles. The summed E-state index contributed by atoms with van der Waals surface area (Å²) in [6.45, 7) is 0. The molecule has 1 aromatic rings. The number of halogens is 3. The van der Waals surface area contributed by atoms with Crippen LogP contribution in [0.3, 0.4) is 0 Å². The number of carbonyl (C=O) groups is 1. The van der Waals surface area contributed by atoms with Crippen LogP contribution < -0.4 is 0 Å². The highest BCUT2D eigenvalue weighted by molar-refractivity contribution is 6.00. The Morgan fingerprint density at radius 3 is 2.17 bits per heavy atom. The molecule has 1 aromatic carbocycles. The Labute approximate surface area is 103 Å². The van der Waals surface area contributed by atoms with Crippen LogP contribution >= 0.6 is 0 Å². The van der Waals surface area contributed by atoms with Gasteiger partial charge in [-0.25, -0.2) is 0 Å². The van der Waals surface area contributed by atoms with Gasteiger partial charge in [0.05, 0.1) is 5.56 Å². The van der Waals surface area contributed by atoms with E-state index in [4.69, 9.17) is 0 Å². The zero-order chi connectivity index (χ0) is 13.2. The molecule has 0 N–H and O–H groups in total. The van der Waals surface area contributed by atoms with Crippen LogP contribution in [-0.4, -0.2) is 5.78 Å². The molecule has 0 aliphatic heterocycles. The van der Waals surface area contributed by atoms with Crippen LogP contribution in [-0.2, 0) is 11.0 Å². The Balaban J connectivity index is 2.20. The van der Waals surface area contributed by atoms with Crippen LogP contribution in [0.5, 0.6) is 0 Å². The highest BCUT2D eigenvalue weighted by Crippen LogP contribution is 2.29. The van der Waals surface area contributed by atoms with Gasteiger partial charge in [0.15, 0.2) is 5.78 Å². The molecule has 1 fully saturated rings. The first kappa shape index (κ1) is 12.9. The van der Waals surface area contributed by atoms with Gasteiger partial charge < -0.3 is 0 Å². The Morgan fingerprint density at radius 2 is 1.61 bits per heavy atom. The third-order valence-electron chi connectivity index (χ3n) is 3.04. The van der Waals surface area contributed by atoms with Crippen LogP contribution in [0.25, 0.3) is 6.08 Å². The lowest BCUT2D eigenvalue weighted by Gasteiger charge is -2.12. The number of benzene rings is 1. The smallest absolute Gasteiger partial charge is 0.295 e.